The Morgan fingerprint density at radius 3 is 2.44 bits per heavy atom. The molecular weight excluding hydrogens is 346 g/mol. The van der Waals surface area contributed by atoms with E-state index in [2.05, 4.69) is 5.32 Å². The van der Waals surface area contributed by atoms with Crippen LogP contribution in [-0.2, 0) is 4.74 Å². The van der Waals surface area contributed by atoms with Gasteiger partial charge in [0.2, 0.25) is 5.88 Å². The molecule has 0 radical (unpaired) electrons. The third-order valence-corrected chi connectivity index (χ3v) is 4.18. The summed E-state index contributed by atoms with van der Waals surface area (Å²) in [6.07, 6.45) is 0. The van der Waals surface area contributed by atoms with Gasteiger partial charge in [-0.2, -0.15) is 0 Å². The maximum atomic E-state index is 12.8. The number of carbonyl (C=O) groups is 3. The predicted molar refractivity (Wildman–Crippen MR) is 101 cm³/mol. The van der Waals surface area contributed by atoms with Crippen molar-refractivity contribution in [3.05, 3.63) is 64.9 Å². The van der Waals surface area contributed by atoms with E-state index < -0.39 is 11.9 Å². The summed E-state index contributed by atoms with van der Waals surface area (Å²) < 4.78 is 10.6. The molecule has 1 N–H and O–H groups in total. The van der Waals surface area contributed by atoms with E-state index >= 15 is 0 Å². The van der Waals surface area contributed by atoms with Crippen LogP contribution >= 0.6 is 0 Å². The highest BCUT2D eigenvalue weighted by atomic mass is 16.5. The molecule has 0 unspecified atom stereocenters. The van der Waals surface area contributed by atoms with Crippen LogP contribution in [-0.4, -0.2) is 24.3 Å². The average Bonchev–Trinajstić information content (AvgIpc) is 2.97. The topological polar surface area (TPSA) is 85.6 Å². The number of furan rings is 1. The number of carbonyl (C=O) groups excluding carboxylic acids is 3. The standard InChI is InChI=1S/C21H19NO5/c1-4-26-21(25)18-17(12(2)23)13(3)27-20(18)22-19(24)16-11-7-9-14-8-5-6-10-15(14)16/h5-11H,4H2,1-3H3,(H,22,24). The van der Waals surface area contributed by atoms with E-state index in [-0.39, 0.29) is 35.2 Å². The van der Waals surface area contributed by atoms with Gasteiger partial charge in [0.15, 0.2) is 5.78 Å². The first-order valence-electron chi connectivity index (χ1n) is 8.54. The van der Waals surface area contributed by atoms with Crippen molar-refractivity contribution in [3.63, 3.8) is 0 Å². The molecule has 0 saturated carbocycles. The highest BCUT2D eigenvalue weighted by Gasteiger charge is 2.29. The lowest BCUT2D eigenvalue weighted by atomic mass is 10.0. The maximum absolute atomic E-state index is 12.8. The zero-order valence-corrected chi connectivity index (χ0v) is 15.3. The largest absolute Gasteiger partial charge is 0.462 e. The van der Waals surface area contributed by atoms with Gasteiger partial charge in [0.25, 0.3) is 5.91 Å². The highest BCUT2D eigenvalue weighted by Crippen LogP contribution is 2.29. The molecule has 3 aromatic rings. The maximum Gasteiger partial charge on any atom is 0.344 e. The van der Waals surface area contributed by atoms with Gasteiger partial charge in [-0.3, -0.25) is 14.9 Å². The molecule has 0 bridgehead atoms. The van der Waals surface area contributed by atoms with Crippen LogP contribution in [0.5, 0.6) is 0 Å². The molecule has 0 aliphatic carbocycles. The van der Waals surface area contributed by atoms with E-state index in [4.69, 9.17) is 9.15 Å². The van der Waals surface area contributed by atoms with Crippen LogP contribution in [0.4, 0.5) is 5.88 Å². The number of Topliss-reactive ketones (excluding diaryl/α,β-unsaturated/α-hetero) is 1. The van der Waals surface area contributed by atoms with Crippen LogP contribution in [0.3, 0.4) is 0 Å². The lowest BCUT2D eigenvalue weighted by molar-refractivity contribution is 0.0524. The number of esters is 1. The minimum atomic E-state index is -0.715. The summed E-state index contributed by atoms with van der Waals surface area (Å²) in [5, 5.41) is 4.30. The first-order chi connectivity index (χ1) is 12.9. The summed E-state index contributed by atoms with van der Waals surface area (Å²) in [6.45, 7) is 4.69. The molecule has 27 heavy (non-hydrogen) atoms. The second-order valence-electron chi connectivity index (χ2n) is 5.99. The summed E-state index contributed by atoms with van der Waals surface area (Å²) >= 11 is 0. The summed E-state index contributed by atoms with van der Waals surface area (Å²) in [6, 6.07) is 12.8. The molecule has 138 valence electrons. The number of hydrogen-bond acceptors (Lipinski definition) is 5. The molecule has 0 aliphatic heterocycles. The van der Waals surface area contributed by atoms with Crippen molar-refractivity contribution >= 4 is 34.3 Å². The number of ether oxygens (including phenoxy) is 1. The molecule has 0 fully saturated rings. The monoisotopic (exact) mass is 365 g/mol. The first-order valence-corrected chi connectivity index (χ1v) is 8.54. The Hall–Kier alpha value is -3.41. The Balaban J connectivity index is 2.04. The number of anilines is 1. The predicted octanol–water partition coefficient (Wildman–Crippen LogP) is 4.37. The summed E-state index contributed by atoms with van der Waals surface area (Å²) in [4.78, 5) is 37.2. The molecule has 0 spiro atoms. The van der Waals surface area contributed by atoms with Crippen LogP contribution in [0.2, 0.25) is 0 Å². The van der Waals surface area contributed by atoms with Crippen molar-refractivity contribution in [2.45, 2.75) is 20.8 Å². The quantitative estimate of drug-likeness (QED) is 0.536. The van der Waals surface area contributed by atoms with E-state index in [9.17, 15) is 14.4 Å². The Bertz CT molecular complexity index is 1040. The van der Waals surface area contributed by atoms with E-state index in [0.29, 0.717) is 5.56 Å². The van der Waals surface area contributed by atoms with Gasteiger partial charge in [0.05, 0.1) is 12.2 Å². The molecule has 0 atom stereocenters. The van der Waals surface area contributed by atoms with Crippen LogP contribution in [0, 0.1) is 6.92 Å². The normalized spacial score (nSPS) is 10.6. The first kappa shape index (κ1) is 18.4. The average molecular weight is 365 g/mol. The van der Waals surface area contributed by atoms with Crippen molar-refractivity contribution < 1.29 is 23.5 Å². The van der Waals surface area contributed by atoms with Crippen LogP contribution < -0.4 is 5.32 Å². The van der Waals surface area contributed by atoms with Gasteiger partial charge in [0.1, 0.15) is 11.3 Å². The number of rotatable bonds is 5. The second kappa shape index (κ2) is 7.45. The van der Waals surface area contributed by atoms with Gasteiger partial charge in [-0.05, 0) is 37.6 Å². The third kappa shape index (κ3) is 3.46. The van der Waals surface area contributed by atoms with Gasteiger partial charge in [-0.25, -0.2) is 4.79 Å². The lowest BCUT2D eigenvalue weighted by Crippen LogP contribution is -2.16. The number of nitrogens with one attached hydrogen (secondary N) is 1. The molecule has 2 aromatic carbocycles. The zero-order chi connectivity index (χ0) is 19.6. The fourth-order valence-electron chi connectivity index (χ4n) is 3.05. The fourth-order valence-corrected chi connectivity index (χ4v) is 3.05. The number of amides is 1. The summed E-state index contributed by atoms with van der Waals surface area (Å²) in [5.74, 6) is -1.34. The van der Waals surface area contributed by atoms with Crippen molar-refractivity contribution in [3.8, 4) is 0 Å². The van der Waals surface area contributed by atoms with Gasteiger partial charge < -0.3 is 9.15 Å². The molecule has 6 nitrogen and oxygen atoms in total. The molecule has 1 heterocycles. The molecule has 0 saturated heterocycles. The summed E-state index contributed by atoms with van der Waals surface area (Å²) in [5.41, 5.74) is 0.485. The number of ketones is 1. The lowest BCUT2D eigenvalue weighted by Gasteiger charge is -2.08. The van der Waals surface area contributed by atoms with E-state index in [1.165, 1.54) is 6.92 Å². The Morgan fingerprint density at radius 1 is 1.04 bits per heavy atom. The smallest absolute Gasteiger partial charge is 0.344 e. The molecule has 3 rings (SSSR count). The summed E-state index contributed by atoms with van der Waals surface area (Å²) in [7, 11) is 0. The Labute approximate surface area is 156 Å². The van der Waals surface area contributed by atoms with Crippen molar-refractivity contribution in [2.24, 2.45) is 0 Å². The number of fused-ring (bicyclic) bond motifs is 1. The molecule has 1 aromatic heterocycles. The minimum Gasteiger partial charge on any atom is -0.462 e. The van der Waals surface area contributed by atoms with E-state index in [1.807, 2.05) is 30.3 Å². The van der Waals surface area contributed by atoms with Gasteiger partial charge in [-0.15, -0.1) is 0 Å². The van der Waals surface area contributed by atoms with Crippen LogP contribution in [0.15, 0.2) is 46.9 Å². The number of benzene rings is 2. The van der Waals surface area contributed by atoms with Gasteiger partial charge in [-0.1, -0.05) is 36.4 Å². The van der Waals surface area contributed by atoms with Crippen LogP contribution in [0.25, 0.3) is 10.8 Å². The van der Waals surface area contributed by atoms with Crippen molar-refractivity contribution in [1.82, 2.24) is 0 Å². The van der Waals surface area contributed by atoms with Crippen molar-refractivity contribution in [1.29, 1.82) is 0 Å². The zero-order valence-electron chi connectivity index (χ0n) is 15.3. The Morgan fingerprint density at radius 2 is 1.74 bits per heavy atom. The van der Waals surface area contributed by atoms with E-state index in [0.717, 1.165) is 10.8 Å². The number of aryl methyl sites for hydroxylation is 1. The fraction of sp³-hybridized carbons (Fsp3) is 0.190. The molecular formula is C21H19NO5. The second-order valence-corrected chi connectivity index (χ2v) is 5.99. The van der Waals surface area contributed by atoms with Gasteiger partial charge >= 0.3 is 5.97 Å². The minimum absolute atomic E-state index is 0.0598. The van der Waals surface area contributed by atoms with Crippen LogP contribution in [0.1, 0.15) is 50.7 Å². The third-order valence-electron chi connectivity index (χ3n) is 4.18. The Kier molecular flexibility index (Phi) is 5.07. The SMILES string of the molecule is CCOC(=O)c1c(NC(=O)c2cccc3ccccc23)oc(C)c1C(C)=O. The molecule has 6 heteroatoms. The van der Waals surface area contributed by atoms with E-state index in [1.54, 1.807) is 26.0 Å². The number of hydrogen-bond donors (Lipinski definition) is 1. The van der Waals surface area contributed by atoms with Gasteiger partial charge in [0, 0.05) is 5.56 Å². The van der Waals surface area contributed by atoms with Crippen molar-refractivity contribution in [2.75, 3.05) is 11.9 Å². The molecule has 1 amide bonds. The molecule has 0 aliphatic rings. The highest BCUT2D eigenvalue weighted by molar-refractivity contribution is 6.16.